The molecule has 1 heterocycles. The van der Waals surface area contributed by atoms with Crippen molar-refractivity contribution in [2.45, 2.75) is 25.8 Å². The lowest BCUT2D eigenvalue weighted by Crippen LogP contribution is -2.42. The van der Waals surface area contributed by atoms with Crippen molar-refractivity contribution in [3.63, 3.8) is 0 Å². The second-order valence-corrected chi connectivity index (χ2v) is 5.42. The first kappa shape index (κ1) is 18.6. The molecule has 1 saturated heterocycles. The van der Waals surface area contributed by atoms with Gasteiger partial charge in [-0.2, -0.15) is 13.2 Å². The molecule has 0 unspecified atom stereocenters. The molecule has 2 rings (SSSR count). The van der Waals surface area contributed by atoms with E-state index in [1.54, 1.807) is 0 Å². The highest BCUT2D eigenvalue weighted by atomic mass is 19.4. The fourth-order valence-electron chi connectivity index (χ4n) is 1.96. The molecule has 0 amide bonds. The van der Waals surface area contributed by atoms with Gasteiger partial charge in [-0.05, 0) is 6.07 Å². The van der Waals surface area contributed by atoms with Crippen molar-refractivity contribution < 1.29 is 41.4 Å². The quantitative estimate of drug-likeness (QED) is 0.385. The summed E-state index contributed by atoms with van der Waals surface area (Å²) in [5.41, 5.74) is -2.85. The van der Waals surface area contributed by atoms with E-state index in [1.165, 1.54) is 13.8 Å². The molecule has 136 valence electrons. The molecule has 0 saturated carbocycles. The number of esters is 2. The molecule has 1 aliphatic rings. The van der Waals surface area contributed by atoms with Gasteiger partial charge in [0.2, 0.25) is 0 Å². The molecule has 25 heavy (non-hydrogen) atoms. The Morgan fingerprint density at radius 1 is 1.16 bits per heavy atom. The zero-order valence-corrected chi connectivity index (χ0v) is 13.3. The smallest absolute Gasteiger partial charge is 0.419 e. The summed E-state index contributed by atoms with van der Waals surface area (Å²) in [5, 5.41) is 2.14. The lowest BCUT2D eigenvalue weighted by atomic mass is 10.1. The van der Waals surface area contributed by atoms with E-state index in [2.05, 4.69) is 5.32 Å². The van der Waals surface area contributed by atoms with Crippen LogP contribution in [0.4, 0.5) is 23.2 Å². The predicted molar refractivity (Wildman–Crippen MR) is 75.9 cm³/mol. The predicted octanol–water partition coefficient (Wildman–Crippen LogP) is 2.99. The molecular formula is C15H13F4NO5. The molecule has 6 nitrogen and oxygen atoms in total. The number of nitrogens with one attached hydrogen (secondary N) is 1. The van der Waals surface area contributed by atoms with Crippen LogP contribution in [0, 0.1) is 5.82 Å². The highest BCUT2D eigenvalue weighted by molar-refractivity contribution is 6.15. The maximum absolute atomic E-state index is 14.1. The topological polar surface area (TPSA) is 73.9 Å². The Morgan fingerprint density at radius 2 is 1.72 bits per heavy atom. The molecule has 0 aliphatic carbocycles. The summed E-state index contributed by atoms with van der Waals surface area (Å²) in [6.07, 6.45) is -4.26. The van der Waals surface area contributed by atoms with Crippen LogP contribution < -0.4 is 10.1 Å². The Balaban J connectivity index is 2.38. The van der Waals surface area contributed by atoms with Crippen molar-refractivity contribution >= 4 is 17.6 Å². The highest BCUT2D eigenvalue weighted by Crippen LogP contribution is 2.37. The highest BCUT2D eigenvalue weighted by Gasteiger charge is 2.39. The Bertz CT molecular complexity index is 733. The van der Waals surface area contributed by atoms with Crippen LogP contribution in [0.1, 0.15) is 19.4 Å². The number of halogens is 4. The van der Waals surface area contributed by atoms with Crippen molar-refractivity contribution in [2.75, 3.05) is 12.4 Å². The van der Waals surface area contributed by atoms with E-state index in [1.807, 2.05) is 0 Å². The van der Waals surface area contributed by atoms with E-state index in [0.717, 1.165) is 13.2 Å². The maximum Gasteiger partial charge on any atom is 0.419 e. The summed E-state index contributed by atoms with van der Waals surface area (Å²) in [6.45, 7) is 2.65. The van der Waals surface area contributed by atoms with Crippen LogP contribution in [0.5, 0.6) is 5.75 Å². The molecule has 0 radical (unpaired) electrons. The second-order valence-electron chi connectivity index (χ2n) is 5.42. The average Bonchev–Trinajstić information content (AvgIpc) is 2.45. The minimum absolute atomic E-state index is 0.274. The first-order valence-electron chi connectivity index (χ1n) is 6.83. The maximum atomic E-state index is 14.1. The molecule has 1 aromatic rings. The van der Waals surface area contributed by atoms with Gasteiger partial charge < -0.3 is 19.5 Å². The Hall–Kier alpha value is -2.78. The minimum atomic E-state index is -4.96. The average molecular weight is 363 g/mol. The summed E-state index contributed by atoms with van der Waals surface area (Å²) >= 11 is 0. The lowest BCUT2D eigenvalue weighted by Gasteiger charge is -2.29. The number of carbonyl (C=O) groups excluding carboxylic acids is 2. The third-order valence-corrected chi connectivity index (χ3v) is 3.08. The number of carbonyl (C=O) groups is 2. The van der Waals surface area contributed by atoms with Crippen molar-refractivity contribution in [1.29, 1.82) is 0 Å². The first-order valence-corrected chi connectivity index (χ1v) is 6.83. The van der Waals surface area contributed by atoms with Gasteiger partial charge in [0, 0.05) is 26.1 Å². The summed E-state index contributed by atoms with van der Waals surface area (Å²) in [6, 6.07) is 1.42. The van der Waals surface area contributed by atoms with E-state index < -0.39 is 46.5 Å². The van der Waals surface area contributed by atoms with Gasteiger partial charge in [0.1, 0.15) is 5.75 Å². The fourth-order valence-corrected chi connectivity index (χ4v) is 1.96. The Morgan fingerprint density at radius 3 is 2.20 bits per heavy atom. The molecule has 0 bridgehead atoms. The van der Waals surface area contributed by atoms with Crippen molar-refractivity contribution in [2.24, 2.45) is 0 Å². The zero-order chi connectivity index (χ0) is 19.0. The van der Waals surface area contributed by atoms with Crippen molar-refractivity contribution in [3.05, 3.63) is 35.3 Å². The van der Waals surface area contributed by atoms with Gasteiger partial charge in [-0.15, -0.1) is 0 Å². The number of alkyl halides is 3. The van der Waals surface area contributed by atoms with Crippen molar-refractivity contribution in [3.8, 4) is 5.75 Å². The normalized spacial score (nSPS) is 16.8. The second kappa shape index (κ2) is 6.26. The molecular weight excluding hydrogens is 350 g/mol. The first-order chi connectivity index (χ1) is 11.4. The van der Waals surface area contributed by atoms with Gasteiger partial charge in [-0.3, -0.25) is 0 Å². The fraction of sp³-hybridized carbons (Fsp3) is 0.333. The van der Waals surface area contributed by atoms with Crippen LogP contribution in [-0.4, -0.2) is 24.8 Å². The summed E-state index contributed by atoms with van der Waals surface area (Å²) in [5.74, 6) is -5.50. The Kier molecular flexibility index (Phi) is 4.65. The van der Waals surface area contributed by atoms with Gasteiger partial charge >= 0.3 is 18.1 Å². The number of hydrogen-bond donors (Lipinski definition) is 1. The molecule has 0 spiro atoms. The molecule has 1 aliphatic heterocycles. The standard InChI is InChI=1S/C15H13F4NO5/c1-14(2)24-12(21)8(13(22)25-14)6-20-10-5-7(23-3)4-9(11(10)16)15(17,18)19/h4-6,20H,1-3H3. The number of methoxy groups -OCH3 is 1. The molecule has 10 heteroatoms. The van der Waals surface area contributed by atoms with Gasteiger partial charge in [0.05, 0.1) is 18.4 Å². The zero-order valence-electron chi connectivity index (χ0n) is 13.3. The number of cyclic esters (lactones) is 2. The molecule has 1 aromatic carbocycles. The molecule has 0 aromatic heterocycles. The van der Waals surface area contributed by atoms with Gasteiger partial charge in [-0.1, -0.05) is 0 Å². The number of ether oxygens (including phenoxy) is 3. The number of benzene rings is 1. The lowest BCUT2D eigenvalue weighted by molar-refractivity contribution is -0.222. The third-order valence-electron chi connectivity index (χ3n) is 3.08. The van der Waals surface area contributed by atoms with Crippen LogP contribution in [0.25, 0.3) is 0 Å². The van der Waals surface area contributed by atoms with E-state index >= 15 is 0 Å². The van der Waals surface area contributed by atoms with Crippen LogP contribution in [0.15, 0.2) is 23.9 Å². The minimum Gasteiger partial charge on any atom is -0.497 e. The Labute approximate surface area is 139 Å². The number of hydrogen-bond acceptors (Lipinski definition) is 6. The van der Waals surface area contributed by atoms with Crippen LogP contribution >= 0.6 is 0 Å². The molecule has 1 fully saturated rings. The van der Waals surface area contributed by atoms with Crippen LogP contribution in [0.3, 0.4) is 0 Å². The van der Waals surface area contributed by atoms with E-state index in [0.29, 0.717) is 12.3 Å². The van der Waals surface area contributed by atoms with Crippen LogP contribution in [0.2, 0.25) is 0 Å². The van der Waals surface area contributed by atoms with Gasteiger partial charge in [0.15, 0.2) is 11.4 Å². The monoisotopic (exact) mass is 363 g/mol. The van der Waals surface area contributed by atoms with E-state index in [4.69, 9.17) is 14.2 Å². The summed E-state index contributed by atoms with van der Waals surface area (Å²) in [7, 11) is 1.10. The van der Waals surface area contributed by atoms with Crippen molar-refractivity contribution in [1.82, 2.24) is 0 Å². The van der Waals surface area contributed by atoms with Crippen LogP contribution in [-0.2, 0) is 25.2 Å². The van der Waals surface area contributed by atoms with Gasteiger partial charge in [0.25, 0.3) is 5.79 Å². The summed E-state index contributed by atoms with van der Waals surface area (Å²) in [4.78, 5) is 23.5. The van der Waals surface area contributed by atoms with E-state index in [9.17, 15) is 27.2 Å². The largest absolute Gasteiger partial charge is 0.497 e. The number of anilines is 1. The number of rotatable bonds is 3. The molecule has 0 atom stereocenters. The third kappa shape index (κ3) is 4.01. The van der Waals surface area contributed by atoms with Gasteiger partial charge in [-0.25, -0.2) is 14.0 Å². The van der Waals surface area contributed by atoms with E-state index in [-0.39, 0.29) is 5.75 Å². The molecule has 1 N–H and O–H groups in total. The SMILES string of the molecule is COc1cc(NC=C2C(=O)OC(C)(C)OC2=O)c(F)c(C(F)(F)F)c1. The summed E-state index contributed by atoms with van der Waals surface area (Å²) < 4.78 is 67.0.